The minimum Gasteiger partial charge on any atom is -0.326 e. The third kappa shape index (κ3) is 4.65. The lowest BCUT2D eigenvalue weighted by Crippen LogP contribution is -2.49. The number of likely N-dealkylation sites (N-methyl/N-ethyl adjacent to an activating group) is 1. The zero-order chi connectivity index (χ0) is 29.5. The Balaban J connectivity index is 1.25. The summed E-state index contributed by atoms with van der Waals surface area (Å²) in [6, 6.07) is 24.7. The molecule has 5 amide bonds. The molecule has 1 saturated heterocycles. The Morgan fingerprint density at radius 3 is 2.21 bits per heavy atom. The number of hydrogen-bond donors (Lipinski definition) is 2. The van der Waals surface area contributed by atoms with Crippen LogP contribution in [0.1, 0.15) is 60.9 Å². The molecule has 8 nitrogen and oxygen atoms in total. The Morgan fingerprint density at radius 1 is 0.929 bits per heavy atom. The third-order valence-corrected chi connectivity index (χ3v) is 9.56. The summed E-state index contributed by atoms with van der Waals surface area (Å²) in [7, 11) is 1.64. The number of urea groups is 1. The molecule has 1 aliphatic heterocycles. The van der Waals surface area contributed by atoms with Gasteiger partial charge >= 0.3 is 6.03 Å². The fourth-order valence-corrected chi connectivity index (χ4v) is 7.06. The maximum absolute atomic E-state index is 14.5. The molecule has 0 unspecified atom stereocenters. The molecule has 216 valence electrons. The standard InChI is InChI=1S/C34H36N4O4/c1-23(24-11-5-3-6-12-24)38(31(41)33(17-9-10-18-33)27-13-7-4-8-14-27)22-29(39)35-28-16-15-25-20-34(21-26(25)19-28)30(40)36-32(42)37(34)2/h3-8,11-16,19,23H,9-10,17-18,20-22H2,1-2H3,(H,35,39)(H,36,40,42)/t23-,34+/m1/s1. The van der Waals surface area contributed by atoms with E-state index in [4.69, 9.17) is 0 Å². The minimum absolute atomic E-state index is 0.0199. The molecule has 1 saturated carbocycles. The summed E-state index contributed by atoms with van der Waals surface area (Å²) in [5, 5.41) is 5.42. The van der Waals surface area contributed by atoms with Gasteiger partial charge in [0.05, 0.1) is 11.5 Å². The lowest BCUT2D eigenvalue weighted by atomic mass is 9.77. The van der Waals surface area contributed by atoms with Gasteiger partial charge in [0.15, 0.2) is 0 Å². The number of nitrogens with one attached hydrogen (secondary N) is 2. The van der Waals surface area contributed by atoms with Gasteiger partial charge in [0.25, 0.3) is 5.91 Å². The first kappa shape index (κ1) is 27.7. The second-order valence-corrected chi connectivity index (χ2v) is 11.9. The van der Waals surface area contributed by atoms with Gasteiger partial charge in [0, 0.05) is 25.6 Å². The molecule has 0 bridgehead atoms. The predicted molar refractivity (Wildman–Crippen MR) is 160 cm³/mol. The summed E-state index contributed by atoms with van der Waals surface area (Å²) in [5.74, 6) is -0.598. The topological polar surface area (TPSA) is 98.8 Å². The maximum atomic E-state index is 14.5. The van der Waals surface area contributed by atoms with Gasteiger partial charge in [0.2, 0.25) is 11.8 Å². The smallest absolute Gasteiger partial charge is 0.324 e. The van der Waals surface area contributed by atoms with Crippen LogP contribution < -0.4 is 10.6 Å². The molecule has 6 rings (SSSR count). The highest BCUT2D eigenvalue weighted by Crippen LogP contribution is 2.44. The highest BCUT2D eigenvalue weighted by atomic mass is 16.2. The van der Waals surface area contributed by atoms with Crippen LogP contribution in [0.2, 0.25) is 0 Å². The molecule has 2 atom stereocenters. The molecule has 2 N–H and O–H groups in total. The molecule has 8 heteroatoms. The van der Waals surface area contributed by atoms with E-state index >= 15 is 0 Å². The van der Waals surface area contributed by atoms with E-state index in [0.29, 0.717) is 18.5 Å². The Labute approximate surface area is 246 Å². The van der Waals surface area contributed by atoms with Crippen LogP contribution in [-0.4, -0.2) is 52.7 Å². The van der Waals surface area contributed by atoms with E-state index in [2.05, 4.69) is 10.6 Å². The molecule has 3 aromatic rings. The number of imide groups is 1. The van der Waals surface area contributed by atoms with Crippen LogP contribution in [0.5, 0.6) is 0 Å². The molecular weight excluding hydrogens is 528 g/mol. The molecule has 3 aliphatic rings. The van der Waals surface area contributed by atoms with Crippen LogP contribution in [0.4, 0.5) is 10.5 Å². The van der Waals surface area contributed by atoms with Crippen molar-refractivity contribution in [3.8, 4) is 0 Å². The maximum Gasteiger partial charge on any atom is 0.324 e. The number of fused-ring (bicyclic) bond motifs is 1. The number of hydrogen-bond acceptors (Lipinski definition) is 4. The van der Waals surface area contributed by atoms with Crippen molar-refractivity contribution in [1.29, 1.82) is 0 Å². The van der Waals surface area contributed by atoms with Crippen LogP contribution in [-0.2, 0) is 32.6 Å². The van der Waals surface area contributed by atoms with Crippen LogP contribution in [0.25, 0.3) is 0 Å². The van der Waals surface area contributed by atoms with Gasteiger partial charge in [-0.1, -0.05) is 79.6 Å². The molecule has 42 heavy (non-hydrogen) atoms. The monoisotopic (exact) mass is 564 g/mol. The fourth-order valence-electron chi connectivity index (χ4n) is 7.06. The molecule has 1 spiro atoms. The summed E-state index contributed by atoms with van der Waals surface area (Å²) in [6.45, 7) is 1.89. The summed E-state index contributed by atoms with van der Waals surface area (Å²) < 4.78 is 0. The van der Waals surface area contributed by atoms with Crippen LogP contribution in [0.3, 0.4) is 0 Å². The molecule has 0 aromatic heterocycles. The Morgan fingerprint density at radius 2 is 1.57 bits per heavy atom. The van der Waals surface area contributed by atoms with E-state index in [1.54, 1.807) is 11.9 Å². The summed E-state index contributed by atoms with van der Waals surface area (Å²) in [4.78, 5) is 56.1. The lowest BCUT2D eigenvalue weighted by molar-refractivity contribution is -0.142. The number of carbonyl (C=O) groups excluding carboxylic acids is 4. The number of amides is 5. The molecular formula is C34H36N4O4. The van der Waals surface area contributed by atoms with Crippen molar-refractivity contribution >= 4 is 29.4 Å². The first-order valence-corrected chi connectivity index (χ1v) is 14.7. The second-order valence-electron chi connectivity index (χ2n) is 11.9. The number of nitrogens with zero attached hydrogens (tertiary/aromatic N) is 2. The first-order valence-electron chi connectivity index (χ1n) is 14.7. The normalized spacial score (nSPS) is 21.2. The van der Waals surface area contributed by atoms with Crippen molar-refractivity contribution in [3.05, 3.63) is 101 Å². The average molecular weight is 565 g/mol. The third-order valence-electron chi connectivity index (χ3n) is 9.56. The number of benzene rings is 3. The predicted octanol–water partition coefficient (Wildman–Crippen LogP) is 4.75. The largest absolute Gasteiger partial charge is 0.326 e. The molecule has 1 heterocycles. The van der Waals surface area contributed by atoms with Crippen LogP contribution >= 0.6 is 0 Å². The van der Waals surface area contributed by atoms with Gasteiger partial charge in [-0.15, -0.1) is 0 Å². The molecule has 2 aliphatic carbocycles. The quantitative estimate of drug-likeness (QED) is 0.405. The van der Waals surface area contributed by atoms with E-state index in [1.807, 2.05) is 85.8 Å². The summed E-state index contributed by atoms with van der Waals surface area (Å²) in [6.07, 6.45) is 4.27. The van der Waals surface area contributed by atoms with Gasteiger partial charge in [-0.2, -0.15) is 0 Å². The molecule has 3 aromatic carbocycles. The SMILES string of the molecule is C[C@H](c1ccccc1)N(CC(=O)Nc1ccc2c(c1)C[C@@]1(C2)C(=O)NC(=O)N1C)C(=O)C1(c2ccccc2)CCCC1. The highest BCUT2D eigenvalue weighted by Gasteiger charge is 2.54. The van der Waals surface area contributed by atoms with Crippen molar-refractivity contribution in [1.82, 2.24) is 15.1 Å². The lowest BCUT2D eigenvalue weighted by Gasteiger charge is -2.38. The van der Waals surface area contributed by atoms with Gasteiger partial charge in [0.1, 0.15) is 12.1 Å². The van der Waals surface area contributed by atoms with Crippen molar-refractivity contribution < 1.29 is 19.2 Å². The van der Waals surface area contributed by atoms with Gasteiger partial charge in [-0.3, -0.25) is 19.7 Å². The number of anilines is 1. The zero-order valence-corrected chi connectivity index (χ0v) is 24.1. The highest BCUT2D eigenvalue weighted by molar-refractivity contribution is 6.07. The number of rotatable bonds is 7. The van der Waals surface area contributed by atoms with Crippen molar-refractivity contribution in [2.24, 2.45) is 0 Å². The fraction of sp³-hybridized carbons (Fsp3) is 0.353. The van der Waals surface area contributed by atoms with Crippen molar-refractivity contribution in [2.45, 2.75) is 62.4 Å². The van der Waals surface area contributed by atoms with Crippen LogP contribution in [0, 0.1) is 0 Å². The Bertz CT molecular complexity index is 1530. The van der Waals surface area contributed by atoms with Crippen molar-refractivity contribution in [2.75, 3.05) is 18.9 Å². The minimum atomic E-state index is -0.927. The van der Waals surface area contributed by atoms with Gasteiger partial charge in [-0.25, -0.2) is 4.79 Å². The molecule has 0 radical (unpaired) electrons. The Hall–Kier alpha value is -4.46. The number of carbonyl (C=O) groups is 4. The summed E-state index contributed by atoms with van der Waals surface area (Å²) >= 11 is 0. The summed E-state index contributed by atoms with van der Waals surface area (Å²) in [5.41, 5.74) is 2.89. The zero-order valence-electron chi connectivity index (χ0n) is 24.1. The van der Waals surface area contributed by atoms with Crippen LogP contribution in [0.15, 0.2) is 78.9 Å². The average Bonchev–Trinajstić information content (AvgIpc) is 3.71. The van der Waals surface area contributed by atoms with E-state index in [0.717, 1.165) is 47.9 Å². The first-order chi connectivity index (χ1) is 20.2. The van der Waals surface area contributed by atoms with Gasteiger partial charge in [-0.05, 0) is 54.2 Å². The van der Waals surface area contributed by atoms with E-state index in [1.165, 1.54) is 4.90 Å². The second kappa shape index (κ2) is 10.7. The van der Waals surface area contributed by atoms with E-state index < -0.39 is 17.0 Å². The Kier molecular flexibility index (Phi) is 7.09. The molecule has 2 fully saturated rings. The van der Waals surface area contributed by atoms with Gasteiger partial charge < -0.3 is 15.1 Å². The van der Waals surface area contributed by atoms with E-state index in [9.17, 15) is 19.2 Å². The van der Waals surface area contributed by atoms with E-state index in [-0.39, 0.29) is 30.3 Å². The van der Waals surface area contributed by atoms with Crippen molar-refractivity contribution in [3.63, 3.8) is 0 Å².